The molecule has 2 atom stereocenters. The molecule has 1 saturated heterocycles. The second-order valence-corrected chi connectivity index (χ2v) is 7.77. The molecule has 1 aromatic rings. The van der Waals surface area contributed by atoms with Gasteiger partial charge in [0, 0.05) is 6.54 Å². The summed E-state index contributed by atoms with van der Waals surface area (Å²) in [6.07, 6.45) is 5.05. The Labute approximate surface area is 127 Å². The summed E-state index contributed by atoms with van der Waals surface area (Å²) in [4.78, 5) is 0.424. The lowest BCUT2D eigenvalue weighted by atomic mass is 9.91. The van der Waals surface area contributed by atoms with Crippen LogP contribution in [0.5, 0.6) is 0 Å². The van der Waals surface area contributed by atoms with Crippen LogP contribution in [0.25, 0.3) is 0 Å². The lowest BCUT2D eigenvalue weighted by Crippen LogP contribution is -2.54. The third kappa shape index (κ3) is 2.87. The average molecular weight is 309 g/mol. The fourth-order valence-corrected chi connectivity index (χ4v) is 5.15. The molecule has 0 spiro atoms. The summed E-state index contributed by atoms with van der Waals surface area (Å²) in [5.41, 5.74) is 1.06. The van der Waals surface area contributed by atoms with Crippen LogP contribution in [0.15, 0.2) is 29.2 Å². The third-order valence-corrected chi connectivity index (χ3v) is 6.51. The van der Waals surface area contributed by atoms with Crippen LogP contribution < -0.4 is 0 Å². The topological polar surface area (TPSA) is 46.6 Å². The summed E-state index contributed by atoms with van der Waals surface area (Å²) in [5.74, 6) is 0. The molecule has 0 amide bonds. The van der Waals surface area contributed by atoms with Crippen LogP contribution in [-0.4, -0.2) is 38.0 Å². The number of aryl methyl sites for hydroxylation is 1. The molecule has 2 unspecified atom stereocenters. The van der Waals surface area contributed by atoms with E-state index in [0.717, 1.165) is 37.7 Å². The van der Waals surface area contributed by atoms with Crippen molar-refractivity contribution in [2.75, 3.05) is 13.2 Å². The van der Waals surface area contributed by atoms with Crippen LogP contribution in [0.3, 0.4) is 0 Å². The van der Waals surface area contributed by atoms with E-state index >= 15 is 0 Å². The molecule has 3 rings (SSSR count). The van der Waals surface area contributed by atoms with Gasteiger partial charge in [0.05, 0.1) is 23.6 Å². The quantitative estimate of drug-likeness (QED) is 0.862. The van der Waals surface area contributed by atoms with Crippen molar-refractivity contribution in [3.8, 4) is 0 Å². The second-order valence-electron chi connectivity index (χ2n) is 5.88. The Bertz CT molecular complexity index is 597. The molecule has 1 heterocycles. The molecule has 1 aliphatic carbocycles. The highest BCUT2D eigenvalue weighted by Gasteiger charge is 2.40. The maximum atomic E-state index is 13.0. The summed E-state index contributed by atoms with van der Waals surface area (Å²) in [5, 5.41) is 0. The summed E-state index contributed by atoms with van der Waals surface area (Å²) in [6, 6.07) is 7.35. The lowest BCUT2D eigenvalue weighted by molar-refractivity contribution is -0.0586. The number of hydrogen-bond donors (Lipinski definition) is 0. The number of ether oxygens (including phenoxy) is 1. The Morgan fingerprint density at radius 1 is 1.29 bits per heavy atom. The number of fused-ring (bicyclic) bond motifs is 1. The molecule has 1 aromatic carbocycles. The molecule has 0 radical (unpaired) electrons. The fraction of sp³-hybridized carbons (Fsp3) is 0.625. The second kappa shape index (κ2) is 6.07. The molecule has 5 heteroatoms. The van der Waals surface area contributed by atoms with Crippen LogP contribution in [0.2, 0.25) is 0 Å². The van der Waals surface area contributed by atoms with Gasteiger partial charge in [0.2, 0.25) is 10.0 Å². The molecule has 0 N–H and O–H groups in total. The summed E-state index contributed by atoms with van der Waals surface area (Å²) < 4.78 is 33.4. The molecular formula is C16H23NO3S. The minimum Gasteiger partial charge on any atom is -0.375 e. The predicted octanol–water partition coefficient (Wildman–Crippen LogP) is 2.58. The average Bonchev–Trinajstić information content (AvgIpc) is 2.54. The number of rotatable bonds is 3. The molecule has 2 aliphatic rings. The number of benzene rings is 1. The standard InChI is InChI=1S/C16H23NO3S/c1-2-13-6-5-7-14(12-13)21(18,19)17-10-11-20-16-9-4-3-8-15(16)17/h5-7,12,15-16H,2-4,8-11H2,1H3. The van der Waals surface area contributed by atoms with E-state index in [9.17, 15) is 8.42 Å². The fourth-order valence-electron chi connectivity index (χ4n) is 3.42. The van der Waals surface area contributed by atoms with E-state index < -0.39 is 10.0 Å². The molecule has 0 bridgehead atoms. The van der Waals surface area contributed by atoms with Gasteiger partial charge in [-0.3, -0.25) is 0 Å². The predicted molar refractivity (Wildman–Crippen MR) is 81.7 cm³/mol. The van der Waals surface area contributed by atoms with Crippen LogP contribution in [0.1, 0.15) is 38.2 Å². The van der Waals surface area contributed by atoms with Gasteiger partial charge in [-0.05, 0) is 37.0 Å². The van der Waals surface area contributed by atoms with E-state index in [1.807, 2.05) is 25.1 Å². The van der Waals surface area contributed by atoms with E-state index in [-0.39, 0.29) is 12.1 Å². The van der Waals surface area contributed by atoms with Crippen molar-refractivity contribution in [2.24, 2.45) is 0 Å². The number of hydrogen-bond acceptors (Lipinski definition) is 3. The largest absolute Gasteiger partial charge is 0.375 e. The summed E-state index contributed by atoms with van der Waals surface area (Å²) >= 11 is 0. The Morgan fingerprint density at radius 2 is 2.10 bits per heavy atom. The normalized spacial score (nSPS) is 27.3. The van der Waals surface area contributed by atoms with Crippen molar-refractivity contribution in [2.45, 2.75) is 56.1 Å². The zero-order valence-corrected chi connectivity index (χ0v) is 13.3. The Morgan fingerprint density at radius 3 is 2.90 bits per heavy atom. The van der Waals surface area contributed by atoms with Gasteiger partial charge in [0.15, 0.2) is 0 Å². The van der Waals surface area contributed by atoms with Gasteiger partial charge in [-0.15, -0.1) is 0 Å². The first-order valence-corrected chi connectivity index (χ1v) is 9.29. The first-order valence-electron chi connectivity index (χ1n) is 7.85. The van der Waals surface area contributed by atoms with Gasteiger partial charge < -0.3 is 4.74 Å². The molecule has 4 nitrogen and oxygen atoms in total. The van der Waals surface area contributed by atoms with Crippen LogP contribution >= 0.6 is 0 Å². The number of nitrogens with zero attached hydrogens (tertiary/aromatic N) is 1. The van der Waals surface area contributed by atoms with Crippen molar-refractivity contribution >= 4 is 10.0 Å². The highest BCUT2D eigenvalue weighted by molar-refractivity contribution is 7.89. The number of sulfonamides is 1. The van der Waals surface area contributed by atoms with Crippen molar-refractivity contribution in [3.63, 3.8) is 0 Å². The van der Waals surface area contributed by atoms with Gasteiger partial charge >= 0.3 is 0 Å². The molecule has 2 fully saturated rings. The lowest BCUT2D eigenvalue weighted by Gasteiger charge is -2.42. The van der Waals surface area contributed by atoms with Gasteiger partial charge in [-0.2, -0.15) is 4.31 Å². The SMILES string of the molecule is CCc1cccc(S(=O)(=O)N2CCOC3CCCCC32)c1. The Balaban J connectivity index is 1.92. The van der Waals surface area contributed by atoms with Crippen molar-refractivity contribution in [1.29, 1.82) is 0 Å². The smallest absolute Gasteiger partial charge is 0.243 e. The highest BCUT2D eigenvalue weighted by Crippen LogP contribution is 2.32. The Hall–Kier alpha value is -0.910. The molecule has 21 heavy (non-hydrogen) atoms. The van der Waals surface area contributed by atoms with Gasteiger partial charge in [0.1, 0.15) is 0 Å². The van der Waals surface area contributed by atoms with Crippen molar-refractivity contribution in [1.82, 2.24) is 4.31 Å². The van der Waals surface area contributed by atoms with Gasteiger partial charge in [0.25, 0.3) is 0 Å². The third-order valence-electron chi connectivity index (χ3n) is 4.59. The minimum absolute atomic E-state index is 0.0165. The van der Waals surface area contributed by atoms with E-state index in [0.29, 0.717) is 18.0 Å². The summed E-state index contributed by atoms with van der Waals surface area (Å²) in [7, 11) is -3.41. The van der Waals surface area contributed by atoms with Crippen molar-refractivity contribution < 1.29 is 13.2 Å². The maximum absolute atomic E-state index is 13.0. The van der Waals surface area contributed by atoms with E-state index in [1.54, 1.807) is 10.4 Å². The zero-order valence-electron chi connectivity index (χ0n) is 12.5. The number of morpholine rings is 1. The molecule has 116 valence electrons. The minimum atomic E-state index is -3.41. The molecular weight excluding hydrogens is 286 g/mol. The van der Waals surface area contributed by atoms with Crippen LogP contribution in [0, 0.1) is 0 Å². The van der Waals surface area contributed by atoms with Crippen LogP contribution in [-0.2, 0) is 21.2 Å². The van der Waals surface area contributed by atoms with Gasteiger partial charge in [-0.25, -0.2) is 8.42 Å². The van der Waals surface area contributed by atoms with E-state index in [4.69, 9.17) is 4.74 Å². The summed E-state index contributed by atoms with van der Waals surface area (Å²) in [6.45, 7) is 3.02. The van der Waals surface area contributed by atoms with Crippen LogP contribution in [0.4, 0.5) is 0 Å². The van der Waals surface area contributed by atoms with Crippen molar-refractivity contribution in [3.05, 3.63) is 29.8 Å². The first-order chi connectivity index (χ1) is 10.1. The Kier molecular flexibility index (Phi) is 4.33. The first kappa shape index (κ1) is 15.0. The molecule has 0 aromatic heterocycles. The molecule has 1 saturated carbocycles. The highest BCUT2D eigenvalue weighted by atomic mass is 32.2. The zero-order chi connectivity index (χ0) is 14.9. The maximum Gasteiger partial charge on any atom is 0.243 e. The van der Waals surface area contributed by atoms with E-state index in [1.165, 1.54) is 0 Å². The molecule has 1 aliphatic heterocycles. The monoisotopic (exact) mass is 309 g/mol. The van der Waals surface area contributed by atoms with E-state index in [2.05, 4.69) is 0 Å². The van der Waals surface area contributed by atoms with Gasteiger partial charge in [-0.1, -0.05) is 31.9 Å².